The summed E-state index contributed by atoms with van der Waals surface area (Å²) in [6.07, 6.45) is 2.72. The van der Waals surface area contributed by atoms with Crippen molar-refractivity contribution in [3.8, 4) is 0 Å². The lowest BCUT2D eigenvalue weighted by Gasteiger charge is -2.11. The Hall–Kier alpha value is -3.74. The van der Waals surface area contributed by atoms with E-state index >= 15 is 0 Å². The van der Waals surface area contributed by atoms with Gasteiger partial charge in [-0.1, -0.05) is 49.4 Å². The second-order valence-corrected chi connectivity index (χ2v) is 7.19. The molecule has 2 heterocycles. The number of carbonyl (C=O) groups is 1. The molecule has 4 rings (SSSR count). The van der Waals surface area contributed by atoms with Crippen molar-refractivity contribution < 1.29 is 4.79 Å². The fraction of sp³-hybridized carbons (Fsp3) is 0.217. The van der Waals surface area contributed by atoms with E-state index in [1.54, 1.807) is 36.1 Å². The molecule has 0 aliphatic rings. The van der Waals surface area contributed by atoms with E-state index in [0.717, 1.165) is 12.0 Å². The second kappa shape index (κ2) is 8.32. The van der Waals surface area contributed by atoms with E-state index in [0.29, 0.717) is 28.8 Å². The van der Waals surface area contributed by atoms with Gasteiger partial charge in [0.2, 0.25) is 5.91 Å². The molecule has 30 heavy (non-hydrogen) atoms. The number of hydrogen-bond acceptors (Lipinski definition) is 4. The maximum absolute atomic E-state index is 12.7. The average Bonchev–Trinajstić information content (AvgIpc) is 3.18. The van der Waals surface area contributed by atoms with Gasteiger partial charge in [-0.05, 0) is 23.6 Å². The van der Waals surface area contributed by atoms with Gasteiger partial charge in [-0.15, -0.1) is 0 Å². The van der Waals surface area contributed by atoms with Crippen molar-refractivity contribution in [1.29, 1.82) is 0 Å². The van der Waals surface area contributed by atoms with Crippen LogP contribution in [0.1, 0.15) is 23.7 Å². The van der Waals surface area contributed by atoms with Gasteiger partial charge in [0.1, 0.15) is 5.82 Å². The van der Waals surface area contributed by atoms with Crippen molar-refractivity contribution >= 4 is 22.5 Å². The number of nitrogens with one attached hydrogen (secondary N) is 1. The molecule has 0 fully saturated rings. The number of rotatable bonds is 6. The lowest BCUT2D eigenvalue weighted by atomic mass is 10.1. The third-order valence-electron chi connectivity index (χ3n) is 5.11. The fourth-order valence-electron chi connectivity index (χ4n) is 3.46. The van der Waals surface area contributed by atoms with Gasteiger partial charge >= 0.3 is 0 Å². The molecule has 0 atom stereocenters. The topological polar surface area (TPSA) is 81.8 Å². The molecular formula is C23H23N5O2. The van der Waals surface area contributed by atoms with Crippen molar-refractivity contribution in [2.45, 2.75) is 26.3 Å². The van der Waals surface area contributed by atoms with Crippen LogP contribution in [0, 0.1) is 0 Å². The first-order chi connectivity index (χ1) is 14.5. The summed E-state index contributed by atoms with van der Waals surface area (Å²) in [5.41, 5.74) is 2.77. The summed E-state index contributed by atoms with van der Waals surface area (Å²) in [5.74, 6) is 0.406. The lowest BCUT2D eigenvalue weighted by molar-refractivity contribution is -0.115. The summed E-state index contributed by atoms with van der Waals surface area (Å²) in [7, 11) is 1.59. The highest BCUT2D eigenvalue weighted by Crippen LogP contribution is 2.15. The van der Waals surface area contributed by atoms with Gasteiger partial charge in [0.05, 0.1) is 30.2 Å². The first-order valence-corrected chi connectivity index (χ1v) is 9.89. The van der Waals surface area contributed by atoms with E-state index in [1.165, 1.54) is 10.2 Å². The normalized spacial score (nSPS) is 11.0. The molecule has 0 bridgehead atoms. The molecule has 2 aromatic heterocycles. The number of carbonyl (C=O) groups excluding carboxylic acids is 1. The zero-order valence-electron chi connectivity index (χ0n) is 17.0. The zero-order valence-corrected chi connectivity index (χ0v) is 17.0. The van der Waals surface area contributed by atoms with Crippen LogP contribution in [0.3, 0.4) is 0 Å². The molecule has 2 aromatic carbocycles. The molecule has 0 aliphatic carbocycles. The maximum Gasteiger partial charge on any atom is 0.274 e. The van der Waals surface area contributed by atoms with Gasteiger partial charge < -0.3 is 5.32 Å². The van der Waals surface area contributed by atoms with Crippen LogP contribution in [0.5, 0.6) is 0 Å². The summed E-state index contributed by atoms with van der Waals surface area (Å²) < 4.78 is 3.03. The van der Waals surface area contributed by atoms with Crippen molar-refractivity contribution in [3.63, 3.8) is 0 Å². The SMILES string of the molecule is CCc1ccc(Cn2nccc2NC(=O)Cc2nn(C)c(=O)c3ccccc23)cc1. The van der Waals surface area contributed by atoms with E-state index in [1.807, 2.05) is 12.1 Å². The van der Waals surface area contributed by atoms with Crippen LogP contribution in [0.4, 0.5) is 5.82 Å². The van der Waals surface area contributed by atoms with Gasteiger partial charge in [-0.25, -0.2) is 9.36 Å². The Kier molecular flexibility index (Phi) is 5.43. The average molecular weight is 401 g/mol. The van der Waals surface area contributed by atoms with E-state index in [4.69, 9.17) is 0 Å². The molecule has 1 amide bonds. The number of amides is 1. The number of aromatic nitrogens is 4. The summed E-state index contributed by atoms with van der Waals surface area (Å²) in [4.78, 5) is 25.0. The molecule has 0 aliphatic heterocycles. The van der Waals surface area contributed by atoms with E-state index in [9.17, 15) is 9.59 Å². The highest BCUT2D eigenvalue weighted by Gasteiger charge is 2.14. The van der Waals surface area contributed by atoms with Crippen LogP contribution < -0.4 is 10.9 Å². The van der Waals surface area contributed by atoms with Crippen LogP contribution in [0.25, 0.3) is 10.8 Å². The van der Waals surface area contributed by atoms with E-state index in [2.05, 4.69) is 46.7 Å². The number of aryl methyl sites for hydroxylation is 2. The van der Waals surface area contributed by atoms with Gasteiger partial charge in [-0.2, -0.15) is 10.2 Å². The number of nitrogens with zero attached hydrogens (tertiary/aromatic N) is 4. The minimum atomic E-state index is -0.214. The summed E-state index contributed by atoms with van der Waals surface area (Å²) in [6.45, 7) is 2.69. The monoisotopic (exact) mass is 401 g/mol. The quantitative estimate of drug-likeness (QED) is 0.539. The smallest absolute Gasteiger partial charge is 0.274 e. The number of hydrogen-bond donors (Lipinski definition) is 1. The van der Waals surface area contributed by atoms with Crippen molar-refractivity contribution in [1.82, 2.24) is 19.6 Å². The molecule has 4 aromatic rings. The molecule has 7 heteroatoms. The van der Waals surface area contributed by atoms with Crippen LogP contribution in [-0.2, 0) is 31.2 Å². The second-order valence-electron chi connectivity index (χ2n) is 7.19. The zero-order chi connectivity index (χ0) is 21.1. The molecule has 7 nitrogen and oxygen atoms in total. The van der Waals surface area contributed by atoms with Crippen molar-refractivity contribution in [2.75, 3.05) is 5.32 Å². The summed E-state index contributed by atoms with van der Waals surface area (Å²) in [6, 6.07) is 17.3. The van der Waals surface area contributed by atoms with E-state index in [-0.39, 0.29) is 17.9 Å². The highest BCUT2D eigenvalue weighted by molar-refractivity contribution is 5.94. The Morgan fingerprint density at radius 3 is 2.43 bits per heavy atom. The number of benzene rings is 2. The summed E-state index contributed by atoms with van der Waals surface area (Å²) in [5, 5.41) is 12.8. The molecule has 0 saturated heterocycles. The first-order valence-electron chi connectivity index (χ1n) is 9.89. The summed E-state index contributed by atoms with van der Waals surface area (Å²) >= 11 is 0. The Bertz CT molecular complexity index is 1250. The molecule has 0 saturated carbocycles. The van der Waals surface area contributed by atoms with Crippen LogP contribution >= 0.6 is 0 Å². The largest absolute Gasteiger partial charge is 0.311 e. The predicted octanol–water partition coefficient (Wildman–Crippen LogP) is 2.92. The Labute approximate surface area is 174 Å². The van der Waals surface area contributed by atoms with Gasteiger partial charge in [0.25, 0.3) is 5.56 Å². The third-order valence-corrected chi connectivity index (χ3v) is 5.11. The fourth-order valence-corrected chi connectivity index (χ4v) is 3.46. The van der Waals surface area contributed by atoms with Crippen LogP contribution in [0.2, 0.25) is 0 Å². The van der Waals surface area contributed by atoms with Gasteiger partial charge in [-0.3, -0.25) is 9.59 Å². The van der Waals surface area contributed by atoms with E-state index < -0.39 is 0 Å². The minimum absolute atomic E-state index is 0.0605. The predicted molar refractivity (Wildman–Crippen MR) is 116 cm³/mol. The molecule has 0 unspecified atom stereocenters. The molecule has 0 spiro atoms. The molecular weight excluding hydrogens is 378 g/mol. The van der Waals surface area contributed by atoms with Gasteiger partial charge in [0.15, 0.2) is 0 Å². The molecule has 0 radical (unpaired) electrons. The molecule has 1 N–H and O–H groups in total. The lowest BCUT2D eigenvalue weighted by Crippen LogP contribution is -2.24. The van der Waals surface area contributed by atoms with Crippen molar-refractivity contribution in [2.24, 2.45) is 7.05 Å². The number of anilines is 1. The third kappa shape index (κ3) is 4.00. The molecule has 152 valence electrons. The maximum atomic E-state index is 12.7. The van der Waals surface area contributed by atoms with Crippen LogP contribution in [0.15, 0.2) is 65.6 Å². The highest BCUT2D eigenvalue weighted by atomic mass is 16.2. The minimum Gasteiger partial charge on any atom is -0.311 e. The van der Waals surface area contributed by atoms with Crippen molar-refractivity contribution in [3.05, 3.63) is 88.0 Å². The van der Waals surface area contributed by atoms with Crippen LogP contribution in [-0.4, -0.2) is 25.5 Å². The first kappa shape index (κ1) is 19.6. The number of fused-ring (bicyclic) bond motifs is 1. The standard InChI is InChI=1S/C23H23N5O2/c1-3-16-8-10-17(11-9-16)15-28-21(12-13-24-28)25-22(29)14-20-18-6-4-5-7-19(18)23(30)27(2)26-20/h4-13H,3,14-15H2,1-2H3,(H,25,29). The van der Waals surface area contributed by atoms with Gasteiger partial charge in [0, 0.05) is 18.5 Å². The Balaban J connectivity index is 1.52. The Morgan fingerprint density at radius 1 is 1.00 bits per heavy atom. The Morgan fingerprint density at radius 2 is 1.70 bits per heavy atom.